The van der Waals surface area contributed by atoms with Crippen LogP contribution in [0.3, 0.4) is 0 Å². The van der Waals surface area contributed by atoms with Gasteiger partial charge in [0.15, 0.2) is 0 Å². The van der Waals surface area contributed by atoms with Crippen molar-refractivity contribution in [3.8, 4) is 5.75 Å². The first-order chi connectivity index (χ1) is 12.6. The van der Waals surface area contributed by atoms with Crippen LogP contribution in [0.25, 0.3) is 0 Å². The smallest absolute Gasteiger partial charge is 0.295 e. The first-order valence-electron chi connectivity index (χ1n) is 8.19. The van der Waals surface area contributed by atoms with E-state index < -0.39 is 4.92 Å². The number of nitrogens with zero attached hydrogens (tertiary/aromatic N) is 2. The van der Waals surface area contributed by atoms with E-state index >= 15 is 0 Å². The molecule has 3 aromatic rings. The molecule has 0 fully saturated rings. The van der Waals surface area contributed by atoms with Crippen molar-refractivity contribution in [2.75, 3.05) is 0 Å². The SMILES string of the molecule is Cc1cccc([N+](=O)[O-])c1N=Cc1ccccc1OCc1ccccc1. The van der Waals surface area contributed by atoms with Gasteiger partial charge in [0.05, 0.1) is 4.92 Å². The summed E-state index contributed by atoms with van der Waals surface area (Å²) in [5.41, 5.74) is 2.92. The molecule has 5 nitrogen and oxygen atoms in total. The Morgan fingerprint density at radius 3 is 2.50 bits per heavy atom. The summed E-state index contributed by atoms with van der Waals surface area (Å²) in [6.07, 6.45) is 1.61. The van der Waals surface area contributed by atoms with Gasteiger partial charge in [-0.05, 0) is 30.2 Å². The Kier molecular flexibility index (Phi) is 5.39. The number of aliphatic imine (C=N–C) groups is 1. The number of nitro benzene ring substituents is 1. The van der Waals surface area contributed by atoms with Crippen molar-refractivity contribution in [2.24, 2.45) is 4.99 Å². The van der Waals surface area contributed by atoms with Crippen molar-refractivity contribution >= 4 is 17.6 Å². The Labute approximate surface area is 151 Å². The molecule has 0 heterocycles. The highest BCUT2D eigenvalue weighted by Crippen LogP contribution is 2.31. The molecule has 0 aliphatic carbocycles. The largest absolute Gasteiger partial charge is 0.488 e. The van der Waals surface area contributed by atoms with Crippen molar-refractivity contribution in [3.05, 3.63) is 99.6 Å². The second-order valence-corrected chi connectivity index (χ2v) is 5.77. The fraction of sp³-hybridized carbons (Fsp3) is 0.0952. The van der Waals surface area contributed by atoms with Crippen molar-refractivity contribution in [1.82, 2.24) is 0 Å². The molecular weight excluding hydrogens is 328 g/mol. The number of para-hydroxylation sites is 2. The molecule has 3 rings (SSSR count). The lowest BCUT2D eigenvalue weighted by molar-refractivity contribution is -0.384. The second-order valence-electron chi connectivity index (χ2n) is 5.77. The highest BCUT2D eigenvalue weighted by molar-refractivity contribution is 5.86. The van der Waals surface area contributed by atoms with E-state index in [0.29, 0.717) is 18.0 Å². The van der Waals surface area contributed by atoms with Gasteiger partial charge in [-0.2, -0.15) is 0 Å². The fourth-order valence-electron chi connectivity index (χ4n) is 2.55. The van der Waals surface area contributed by atoms with E-state index in [0.717, 1.165) is 16.7 Å². The molecule has 0 aliphatic heterocycles. The Morgan fingerprint density at radius 1 is 1.00 bits per heavy atom. The van der Waals surface area contributed by atoms with Crippen LogP contribution in [0.1, 0.15) is 16.7 Å². The number of nitro groups is 1. The van der Waals surface area contributed by atoms with Crippen LogP contribution in [0.5, 0.6) is 5.75 Å². The normalized spacial score (nSPS) is 10.8. The van der Waals surface area contributed by atoms with Crippen molar-refractivity contribution < 1.29 is 9.66 Å². The third kappa shape index (κ3) is 4.13. The van der Waals surface area contributed by atoms with Gasteiger partial charge in [0, 0.05) is 17.8 Å². The van der Waals surface area contributed by atoms with Crippen LogP contribution in [-0.4, -0.2) is 11.1 Å². The minimum Gasteiger partial charge on any atom is -0.488 e. The van der Waals surface area contributed by atoms with Gasteiger partial charge in [0.25, 0.3) is 5.69 Å². The third-order valence-electron chi connectivity index (χ3n) is 3.90. The lowest BCUT2D eigenvalue weighted by Crippen LogP contribution is -1.98. The molecule has 0 N–H and O–H groups in total. The summed E-state index contributed by atoms with van der Waals surface area (Å²) in [5, 5.41) is 11.2. The van der Waals surface area contributed by atoms with Crippen LogP contribution in [-0.2, 0) is 6.61 Å². The summed E-state index contributed by atoms with van der Waals surface area (Å²) in [4.78, 5) is 15.2. The first kappa shape index (κ1) is 17.4. The van der Waals surface area contributed by atoms with Gasteiger partial charge in [-0.15, -0.1) is 0 Å². The summed E-state index contributed by atoms with van der Waals surface area (Å²) in [6, 6.07) is 22.3. The van der Waals surface area contributed by atoms with E-state index in [1.165, 1.54) is 6.07 Å². The van der Waals surface area contributed by atoms with E-state index in [2.05, 4.69) is 4.99 Å². The number of ether oxygens (including phenoxy) is 1. The highest BCUT2D eigenvalue weighted by Gasteiger charge is 2.14. The molecule has 0 saturated heterocycles. The average molecular weight is 346 g/mol. The van der Waals surface area contributed by atoms with Gasteiger partial charge in [0.2, 0.25) is 0 Å². The monoisotopic (exact) mass is 346 g/mol. The molecule has 0 amide bonds. The van der Waals surface area contributed by atoms with Crippen LogP contribution in [0.15, 0.2) is 77.8 Å². The van der Waals surface area contributed by atoms with Gasteiger partial charge in [-0.3, -0.25) is 10.1 Å². The molecule has 0 aliphatic rings. The zero-order valence-electron chi connectivity index (χ0n) is 14.3. The van der Waals surface area contributed by atoms with E-state index in [-0.39, 0.29) is 5.69 Å². The third-order valence-corrected chi connectivity index (χ3v) is 3.90. The topological polar surface area (TPSA) is 64.7 Å². The quantitative estimate of drug-likeness (QED) is 0.348. The Morgan fingerprint density at radius 2 is 1.73 bits per heavy atom. The number of aryl methyl sites for hydroxylation is 1. The minimum absolute atomic E-state index is 0.0102. The van der Waals surface area contributed by atoms with E-state index in [4.69, 9.17) is 4.74 Å². The highest BCUT2D eigenvalue weighted by atomic mass is 16.6. The van der Waals surface area contributed by atoms with Crippen LogP contribution in [0, 0.1) is 17.0 Å². The zero-order valence-corrected chi connectivity index (χ0v) is 14.3. The second kappa shape index (κ2) is 8.07. The molecule has 0 spiro atoms. The van der Waals surface area contributed by atoms with Gasteiger partial charge in [0.1, 0.15) is 18.0 Å². The maximum absolute atomic E-state index is 11.2. The minimum atomic E-state index is -0.419. The van der Waals surface area contributed by atoms with Gasteiger partial charge in [-0.1, -0.05) is 54.6 Å². The molecular formula is C21H18N2O3. The summed E-state index contributed by atoms with van der Waals surface area (Å²) in [6.45, 7) is 2.24. The van der Waals surface area contributed by atoms with Crippen molar-refractivity contribution in [2.45, 2.75) is 13.5 Å². The summed E-state index contributed by atoms with van der Waals surface area (Å²) in [5.74, 6) is 0.677. The first-order valence-corrected chi connectivity index (χ1v) is 8.19. The molecule has 3 aromatic carbocycles. The number of benzene rings is 3. The van der Waals surface area contributed by atoms with Gasteiger partial charge >= 0.3 is 0 Å². The lowest BCUT2D eigenvalue weighted by Gasteiger charge is -2.09. The van der Waals surface area contributed by atoms with Crippen LogP contribution < -0.4 is 4.74 Å². The summed E-state index contributed by atoms with van der Waals surface area (Å²) < 4.78 is 5.89. The molecule has 0 radical (unpaired) electrons. The molecule has 0 atom stereocenters. The number of rotatable bonds is 6. The Balaban J connectivity index is 1.85. The lowest BCUT2D eigenvalue weighted by atomic mass is 10.1. The van der Waals surface area contributed by atoms with E-state index in [1.807, 2.05) is 54.6 Å². The van der Waals surface area contributed by atoms with Crippen LogP contribution in [0.4, 0.5) is 11.4 Å². The fourth-order valence-corrected chi connectivity index (χ4v) is 2.55. The van der Waals surface area contributed by atoms with Crippen molar-refractivity contribution in [3.63, 3.8) is 0 Å². The van der Waals surface area contributed by atoms with Gasteiger partial charge < -0.3 is 4.74 Å². The summed E-state index contributed by atoms with van der Waals surface area (Å²) in [7, 11) is 0. The van der Waals surface area contributed by atoms with Crippen molar-refractivity contribution in [1.29, 1.82) is 0 Å². The molecule has 0 bridgehead atoms. The molecule has 5 heteroatoms. The Hall–Kier alpha value is -3.47. The van der Waals surface area contributed by atoms with Crippen LogP contribution in [0.2, 0.25) is 0 Å². The number of hydrogen-bond acceptors (Lipinski definition) is 4. The zero-order chi connectivity index (χ0) is 18.4. The standard InChI is InChI=1S/C21H18N2O3/c1-16-8-7-12-19(23(24)25)21(16)22-14-18-11-5-6-13-20(18)26-15-17-9-3-2-4-10-17/h2-14H,15H2,1H3. The molecule has 26 heavy (non-hydrogen) atoms. The van der Waals surface area contributed by atoms with Gasteiger partial charge in [-0.25, -0.2) is 4.99 Å². The number of hydrogen-bond donors (Lipinski definition) is 0. The van der Waals surface area contributed by atoms with Crippen LogP contribution >= 0.6 is 0 Å². The maximum atomic E-state index is 11.2. The predicted octanol–water partition coefficient (Wildman–Crippen LogP) is 5.23. The van der Waals surface area contributed by atoms with E-state index in [9.17, 15) is 10.1 Å². The predicted molar refractivity (Wildman–Crippen MR) is 102 cm³/mol. The molecule has 0 aromatic heterocycles. The average Bonchev–Trinajstić information content (AvgIpc) is 2.66. The maximum Gasteiger partial charge on any atom is 0.295 e. The Bertz CT molecular complexity index is 937. The molecule has 0 saturated carbocycles. The summed E-state index contributed by atoms with van der Waals surface area (Å²) >= 11 is 0. The molecule has 0 unspecified atom stereocenters. The molecule has 130 valence electrons. The van der Waals surface area contributed by atoms with E-state index in [1.54, 1.807) is 25.3 Å².